The number of halogens is 1. The first-order chi connectivity index (χ1) is 4.12. The molecule has 0 saturated carbocycles. The fraction of sp³-hybridized carbons (Fsp3) is 1.00. The van der Waals surface area contributed by atoms with Crippen LogP contribution in [0.5, 0.6) is 0 Å². The van der Waals surface area contributed by atoms with E-state index in [2.05, 4.69) is 9.05 Å². The van der Waals surface area contributed by atoms with Gasteiger partial charge in [0, 0.05) is 0 Å². The number of hydrogen-bond acceptors (Lipinski definition) is 4. The first-order valence-corrected chi connectivity index (χ1v) is 4.18. The van der Waals surface area contributed by atoms with Gasteiger partial charge in [-0.1, -0.05) is 0 Å². The van der Waals surface area contributed by atoms with Gasteiger partial charge < -0.3 is 26.3 Å². The number of rotatable bonds is 4. The predicted molar refractivity (Wildman–Crippen MR) is 36.6 cm³/mol. The van der Waals surface area contributed by atoms with Gasteiger partial charge in [0.1, 0.15) is 0 Å². The molecule has 0 aliphatic heterocycles. The van der Waals surface area contributed by atoms with E-state index >= 15 is 0 Å². The Morgan fingerprint density at radius 2 is 1.55 bits per heavy atom. The Morgan fingerprint density at radius 3 is 1.73 bits per heavy atom. The van der Waals surface area contributed by atoms with Crippen LogP contribution in [0.15, 0.2) is 0 Å². The molecule has 0 heterocycles. The second kappa shape index (κ2) is 9.26. The summed E-state index contributed by atoms with van der Waals surface area (Å²) in [6.45, 7) is 3.43. The van der Waals surface area contributed by atoms with Gasteiger partial charge in [0.05, 0.1) is 13.2 Å². The average Bonchev–Trinajstić information content (AvgIpc) is 1.64. The Morgan fingerprint density at radius 1 is 1.27 bits per heavy atom. The van der Waals surface area contributed by atoms with Crippen LogP contribution in [0.1, 0.15) is 13.8 Å². The quantitative estimate of drug-likeness (QED) is 0.372. The summed E-state index contributed by atoms with van der Waals surface area (Å²) in [6, 6.07) is 0. The van der Waals surface area contributed by atoms with E-state index in [-0.39, 0.29) is 48.7 Å². The molecule has 0 radical (unpaired) electrons. The molecule has 0 fully saturated rings. The van der Waals surface area contributed by atoms with E-state index in [1.807, 2.05) is 0 Å². The maximum absolute atomic E-state index is 10.4. The van der Waals surface area contributed by atoms with E-state index in [1.165, 1.54) is 0 Å². The number of phosphoric acid groups is 1. The van der Waals surface area contributed by atoms with E-state index < -0.39 is 7.82 Å². The van der Waals surface area contributed by atoms with Crippen molar-refractivity contribution in [1.29, 1.82) is 0 Å². The molecule has 11 heavy (non-hydrogen) atoms. The molecule has 0 aliphatic rings. The molecular formula is C4H10ClMgO4P. The zero-order chi connectivity index (χ0) is 7.33. The molecule has 0 saturated heterocycles. The molecule has 0 atom stereocenters. The van der Waals surface area contributed by atoms with Crippen molar-refractivity contribution >= 4 is 30.9 Å². The van der Waals surface area contributed by atoms with Crippen LogP contribution in [0.4, 0.5) is 0 Å². The molecule has 7 heteroatoms. The molecule has 0 unspecified atom stereocenters. The molecule has 0 aromatic carbocycles. The minimum absolute atomic E-state index is 0. The molecule has 4 nitrogen and oxygen atoms in total. The van der Waals surface area contributed by atoms with Crippen molar-refractivity contribution in [2.24, 2.45) is 0 Å². The standard InChI is InChI=1S/C4H11O4P.ClH.Mg/c1-3-7-9(5,6)8-4-2;;/h3-4H2,1-2H3,(H,5,6);1H;/q;;+2/p-2. The molecule has 0 N–H and O–H groups in total. The smallest absolute Gasteiger partial charge is 1.00 e. The Labute approximate surface area is 88.8 Å². The Bertz CT molecular complexity index is 113. The maximum Gasteiger partial charge on any atom is 2.00 e. The maximum atomic E-state index is 10.4. The Kier molecular flexibility index (Phi) is 15.2. The molecule has 0 aliphatic carbocycles. The summed E-state index contributed by atoms with van der Waals surface area (Å²) in [6.07, 6.45) is 0. The van der Waals surface area contributed by atoms with Crippen LogP contribution in [0.3, 0.4) is 0 Å². The van der Waals surface area contributed by atoms with Crippen molar-refractivity contribution < 1.29 is 30.9 Å². The molecule has 0 aromatic heterocycles. The van der Waals surface area contributed by atoms with Gasteiger partial charge >= 0.3 is 23.1 Å². The second-order valence-corrected chi connectivity index (χ2v) is 2.69. The van der Waals surface area contributed by atoms with Crippen molar-refractivity contribution in [3.63, 3.8) is 0 Å². The van der Waals surface area contributed by atoms with Crippen LogP contribution >= 0.6 is 7.82 Å². The SMILES string of the molecule is CCOP(=O)([O-])OCC.[Cl-].[Mg+2]. The van der Waals surface area contributed by atoms with Gasteiger partial charge in [0.15, 0.2) is 0 Å². The summed E-state index contributed by atoms with van der Waals surface area (Å²) in [4.78, 5) is 10.4. The molecule has 0 spiro atoms. The molecule has 0 rings (SSSR count). The first kappa shape index (κ1) is 18.1. The largest absolute Gasteiger partial charge is 2.00 e. The monoisotopic (exact) mass is 212 g/mol. The number of phosphoric ester groups is 1. The predicted octanol–water partition coefficient (Wildman–Crippen LogP) is -2.85. The third kappa shape index (κ3) is 11.2. The Balaban J connectivity index is -0.000000320. The molecule has 0 bridgehead atoms. The molecule has 0 amide bonds. The van der Waals surface area contributed by atoms with Crippen molar-refractivity contribution in [2.75, 3.05) is 13.2 Å². The van der Waals surface area contributed by atoms with E-state index in [0.717, 1.165) is 0 Å². The Hall–Kier alpha value is 1.17. The summed E-state index contributed by atoms with van der Waals surface area (Å²) in [5.41, 5.74) is 0. The zero-order valence-electron chi connectivity index (χ0n) is 6.58. The summed E-state index contributed by atoms with van der Waals surface area (Å²) in [5.74, 6) is 0. The molecule has 64 valence electrons. The van der Waals surface area contributed by atoms with Gasteiger partial charge in [-0.2, -0.15) is 0 Å². The van der Waals surface area contributed by atoms with Gasteiger partial charge in [-0.3, -0.25) is 4.57 Å². The normalized spacial score (nSPS) is 9.73. The van der Waals surface area contributed by atoms with E-state index in [1.54, 1.807) is 13.8 Å². The van der Waals surface area contributed by atoms with Crippen LogP contribution in [0.2, 0.25) is 0 Å². The average molecular weight is 213 g/mol. The van der Waals surface area contributed by atoms with Gasteiger partial charge in [-0.05, 0) is 13.8 Å². The van der Waals surface area contributed by atoms with Crippen molar-refractivity contribution in [2.45, 2.75) is 13.8 Å². The number of hydrogen-bond donors (Lipinski definition) is 0. The van der Waals surface area contributed by atoms with Crippen LogP contribution in [0.25, 0.3) is 0 Å². The summed E-state index contributed by atoms with van der Waals surface area (Å²) in [5, 5.41) is 0. The molecule has 0 aromatic rings. The van der Waals surface area contributed by atoms with Gasteiger partial charge in [-0.15, -0.1) is 0 Å². The van der Waals surface area contributed by atoms with E-state index in [9.17, 15) is 9.46 Å². The summed E-state index contributed by atoms with van der Waals surface area (Å²) < 4.78 is 18.9. The molecular weight excluding hydrogens is 203 g/mol. The third-order valence-corrected chi connectivity index (χ3v) is 1.72. The minimum atomic E-state index is -3.94. The van der Waals surface area contributed by atoms with Crippen molar-refractivity contribution in [3.05, 3.63) is 0 Å². The van der Waals surface area contributed by atoms with E-state index in [4.69, 9.17) is 0 Å². The zero-order valence-corrected chi connectivity index (χ0v) is 9.64. The first-order valence-electron chi connectivity index (χ1n) is 2.72. The van der Waals surface area contributed by atoms with Gasteiger partial charge in [-0.25, -0.2) is 0 Å². The third-order valence-electron chi connectivity index (χ3n) is 0.574. The second-order valence-electron chi connectivity index (χ2n) is 1.28. The van der Waals surface area contributed by atoms with E-state index in [0.29, 0.717) is 0 Å². The summed E-state index contributed by atoms with van der Waals surface area (Å²) in [7, 11) is -3.94. The van der Waals surface area contributed by atoms with Crippen LogP contribution in [-0.4, -0.2) is 36.3 Å². The minimum Gasteiger partial charge on any atom is -1.00 e. The van der Waals surface area contributed by atoms with Gasteiger partial charge in [0.2, 0.25) is 0 Å². The summed E-state index contributed by atoms with van der Waals surface area (Å²) >= 11 is 0. The van der Waals surface area contributed by atoms with Crippen molar-refractivity contribution in [1.82, 2.24) is 0 Å². The van der Waals surface area contributed by atoms with Crippen LogP contribution in [-0.2, 0) is 13.6 Å². The van der Waals surface area contributed by atoms with Crippen LogP contribution < -0.4 is 17.3 Å². The fourth-order valence-corrected chi connectivity index (χ4v) is 1.06. The topological polar surface area (TPSA) is 58.6 Å². The van der Waals surface area contributed by atoms with Gasteiger partial charge in [0.25, 0.3) is 7.82 Å². The van der Waals surface area contributed by atoms with Crippen molar-refractivity contribution in [3.8, 4) is 0 Å². The van der Waals surface area contributed by atoms with Crippen LogP contribution in [0, 0.1) is 0 Å². The fourth-order valence-electron chi connectivity index (χ4n) is 0.353.